The summed E-state index contributed by atoms with van der Waals surface area (Å²) in [6.07, 6.45) is 1.14. The molecule has 0 aliphatic carbocycles. The third kappa shape index (κ3) is 3.99. The van der Waals surface area contributed by atoms with E-state index in [9.17, 15) is 9.90 Å². The van der Waals surface area contributed by atoms with Gasteiger partial charge in [0.2, 0.25) is 5.91 Å². The van der Waals surface area contributed by atoms with E-state index < -0.39 is 5.60 Å². The van der Waals surface area contributed by atoms with Crippen molar-refractivity contribution in [2.24, 2.45) is 0 Å². The number of hydrogen-bond donors (Lipinski definition) is 2. The summed E-state index contributed by atoms with van der Waals surface area (Å²) in [5.74, 6) is -0.124. The van der Waals surface area contributed by atoms with Crippen molar-refractivity contribution in [2.45, 2.75) is 32.3 Å². The lowest BCUT2D eigenvalue weighted by atomic mass is 9.94. The van der Waals surface area contributed by atoms with E-state index in [4.69, 9.17) is 4.74 Å². The fourth-order valence-electron chi connectivity index (χ4n) is 1.81. The summed E-state index contributed by atoms with van der Waals surface area (Å²) in [6, 6.07) is 0. The van der Waals surface area contributed by atoms with Gasteiger partial charge in [-0.25, -0.2) is 0 Å². The Kier molecular flexibility index (Phi) is 5.16. The minimum atomic E-state index is -0.819. The maximum atomic E-state index is 11.9. The van der Waals surface area contributed by atoms with Crippen LogP contribution in [0.1, 0.15) is 26.7 Å². The first-order chi connectivity index (χ1) is 8.36. The molecule has 1 aliphatic rings. The number of nitrogens with one attached hydrogen (secondary N) is 1. The van der Waals surface area contributed by atoms with Crippen molar-refractivity contribution in [2.75, 3.05) is 33.9 Å². The van der Waals surface area contributed by atoms with Gasteiger partial charge < -0.3 is 20.1 Å². The van der Waals surface area contributed by atoms with Crippen LogP contribution in [0.15, 0.2) is 11.3 Å². The average molecular weight is 256 g/mol. The summed E-state index contributed by atoms with van der Waals surface area (Å²) in [4.78, 5) is 13.8. The number of amides is 1. The average Bonchev–Trinajstić information content (AvgIpc) is 2.35. The van der Waals surface area contributed by atoms with Crippen molar-refractivity contribution in [3.05, 3.63) is 11.3 Å². The zero-order valence-corrected chi connectivity index (χ0v) is 11.7. The standard InChI is InChI=1S/C13H24N2O3/c1-10(11(2)15(3)4)12(16)14-9-13(17)5-7-18-8-6-13/h17H,5-9H2,1-4H3,(H,14,16). The van der Waals surface area contributed by atoms with E-state index in [1.165, 1.54) is 0 Å². The highest BCUT2D eigenvalue weighted by Crippen LogP contribution is 2.19. The summed E-state index contributed by atoms with van der Waals surface area (Å²) in [6.45, 7) is 5.08. The molecule has 18 heavy (non-hydrogen) atoms. The minimum Gasteiger partial charge on any atom is -0.388 e. The number of aliphatic hydroxyl groups is 1. The van der Waals surface area contributed by atoms with Gasteiger partial charge in [-0.15, -0.1) is 0 Å². The molecule has 0 aromatic heterocycles. The van der Waals surface area contributed by atoms with Crippen molar-refractivity contribution in [1.82, 2.24) is 10.2 Å². The van der Waals surface area contributed by atoms with Gasteiger partial charge in [0.25, 0.3) is 0 Å². The smallest absolute Gasteiger partial charge is 0.248 e. The highest BCUT2D eigenvalue weighted by atomic mass is 16.5. The van der Waals surface area contributed by atoms with E-state index in [-0.39, 0.29) is 12.5 Å². The molecule has 0 aromatic carbocycles. The van der Waals surface area contributed by atoms with Crippen LogP contribution in [0.3, 0.4) is 0 Å². The van der Waals surface area contributed by atoms with E-state index in [0.717, 1.165) is 5.70 Å². The highest BCUT2D eigenvalue weighted by Gasteiger charge is 2.30. The fourth-order valence-corrected chi connectivity index (χ4v) is 1.81. The van der Waals surface area contributed by atoms with E-state index >= 15 is 0 Å². The predicted molar refractivity (Wildman–Crippen MR) is 70.1 cm³/mol. The Morgan fingerprint density at radius 3 is 2.39 bits per heavy atom. The van der Waals surface area contributed by atoms with Crippen molar-refractivity contribution in [3.63, 3.8) is 0 Å². The molecule has 0 unspecified atom stereocenters. The molecule has 0 saturated carbocycles. The second-order valence-corrected chi connectivity index (χ2v) is 5.12. The minimum absolute atomic E-state index is 0.124. The number of hydrogen-bond acceptors (Lipinski definition) is 4. The lowest BCUT2D eigenvalue weighted by Gasteiger charge is -2.32. The summed E-state index contributed by atoms with van der Waals surface area (Å²) in [7, 11) is 3.80. The van der Waals surface area contributed by atoms with Gasteiger partial charge in [-0.2, -0.15) is 0 Å². The Hall–Kier alpha value is -1.07. The Labute approximate surface area is 109 Å². The lowest BCUT2D eigenvalue weighted by Crippen LogP contribution is -2.47. The van der Waals surface area contributed by atoms with Crippen LogP contribution >= 0.6 is 0 Å². The zero-order valence-electron chi connectivity index (χ0n) is 11.7. The first-order valence-corrected chi connectivity index (χ1v) is 6.29. The van der Waals surface area contributed by atoms with Crippen molar-refractivity contribution >= 4 is 5.91 Å². The topological polar surface area (TPSA) is 61.8 Å². The zero-order chi connectivity index (χ0) is 13.8. The normalized spacial score (nSPS) is 20.1. The fraction of sp³-hybridized carbons (Fsp3) is 0.769. The molecule has 1 heterocycles. The molecule has 5 nitrogen and oxygen atoms in total. The van der Waals surface area contributed by atoms with Gasteiger partial charge in [0.05, 0.1) is 5.60 Å². The summed E-state index contributed by atoms with van der Waals surface area (Å²) in [5, 5.41) is 13.0. The second-order valence-electron chi connectivity index (χ2n) is 5.12. The van der Waals surface area contributed by atoms with Crippen LogP contribution in [0.4, 0.5) is 0 Å². The number of carbonyl (C=O) groups excluding carboxylic acids is 1. The molecule has 0 bridgehead atoms. The molecule has 1 amide bonds. The Morgan fingerprint density at radius 1 is 1.33 bits per heavy atom. The Balaban J connectivity index is 2.53. The summed E-state index contributed by atoms with van der Waals surface area (Å²) in [5.41, 5.74) is 0.780. The molecule has 0 spiro atoms. The number of carbonyl (C=O) groups is 1. The van der Waals surface area contributed by atoms with Gasteiger partial charge >= 0.3 is 0 Å². The summed E-state index contributed by atoms with van der Waals surface area (Å²) < 4.78 is 5.20. The summed E-state index contributed by atoms with van der Waals surface area (Å²) >= 11 is 0. The quantitative estimate of drug-likeness (QED) is 0.719. The molecule has 2 N–H and O–H groups in total. The number of rotatable bonds is 4. The van der Waals surface area contributed by atoms with Gasteiger partial charge in [0, 0.05) is 58.0 Å². The van der Waals surface area contributed by atoms with E-state index in [1.807, 2.05) is 25.9 Å². The Morgan fingerprint density at radius 2 is 1.89 bits per heavy atom. The van der Waals surface area contributed by atoms with Crippen LogP contribution in [0.5, 0.6) is 0 Å². The third-order valence-corrected chi connectivity index (χ3v) is 3.56. The molecule has 1 saturated heterocycles. The van der Waals surface area contributed by atoms with Crippen LogP contribution in [0.25, 0.3) is 0 Å². The second kappa shape index (κ2) is 6.20. The SMILES string of the molecule is CC(C(=O)NCC1(O)CCOCC1)=C(C)N(C)C. The largest absolute Gasteiger partial charge is 0.388 e. The molecular weight excluding hydrogens is 232 g/mol. The Bertz CT molecular complexity index is 331. The van der Waals surface area contributed by atoms with Crippen LogP contribution in [0.2, 0.25) is 0 Å². The van der Waals surface area contributed by atoms with Crippen LogP contribution in [-0.2, 0) is 9.53 Å². The van der Waals surface area contributed by atoms with Crippen LogP contribution in [-0.4, -0.2) is 55.4 Å². The monoisotopic (exact) mass is 256 g/mol. The number of nitrogens with zero attached hydrogens (tertiary/aromatic N) is 1. The van der Waals surface area contributed by atoms with Crippen molar-refractivity contribution in [3.8, 4) is 0 Å². The first-order valence-electron chi connectivity index (χ1n) is 6.29. The predicted octanol–water partition coefficient (Wildman–Crippen LogP) is 0.500. The number of allylic oxidation sites excluding steroid dienone is 1. The van der Waals surface area contributed by atoms with E-state index in [1.54, 1.807) is 6.92 Å². The van der Waals surface area contributed by atoms with Crippen molar-refractivity contribution in [1.29, 1.82) is 0 Å². The van der Waals surface area contributed by atoms with Gasteiger partial charge in [0.1, 0.15) is 0 Å². The van der Waals surface area contributed by atoms with Crippen LogP contribution < -0.4 is 5.32 Å². The third-order valence-electron chi connectivity index (χ3n) is 3.56. The van der Waals surface area contributed by atoms with Gasteiger partial charge in [-0.05, 0) is 13.8 Å². The molecule has 0 radical (unpaired) electrons. The molecule has 0 aromatic rings. The van der Waals surface area contributed by atoms with Gasteiger partial charge in [0.15, 0.2) is 0 Å². The van der Waals surface area contributed by atoms with Crippen LogP contribution in [0, 0.1) is 0 Å². The molecule has 5 heteroatoms. The lowest BCUT2D eigenvalue weighted by molar-refractivity contribution is -0.120. The molecule has 1 rings (SSSR count). The molecule has 0 atom stereocenters. The highest BCUT2D eigenvalue weighted by molar-refractivity contribution is 5.93. The molecule has 104 valence electrons. The molecular formula is C13H24N2O3. The molecule has 1 fully saturated rings. The van der Waals surface area contributed by atoms with Crippen molar-refractivity contribution < 1.29 is 14.6 Å². The van der Waals surface area contributed by atoms with Gasteiger partial charge in [-0.1, -0.05) is 0 Å². The first kappa shape index (κ1) is 15.0. The maximum absolute atomic E-state index is 11.9. The van der Waals surface area contributed by atoms with E-state index in [0.29, 0.717) is 31.6 Å². The van der Waals surface area contributed by atoms with Gasteiger partial charge in [-0.3, -0.25) is 4.79 Å². The maximum Gasteiger partial charge on any atom is 0.248 e. The molecule has 1 aliphatic heterocycles. The number of ether oxygens (including phenoxy) is 1. The van der Waals surface area contributed by atoms with E-state index in [2.05, 4.69) is 5.32 Å².